The predicted octanol–water partition coefficient (Wildman–Crippen LogP) is 5.26. The lowest BCUT2D eigenvalue weighted by atomic mass is 10.0. The first kappa shape index (κ1) is 19.7. The van der Waals surface area contributed by atoms with Gasteiger partial charge in [-0.1, -0.05) is 24.3 Å². The molecule has 3 aromatic rings. The van der Waals surface area contributed by atoms with Crippen molar-refractivity contribution in [2.45, 2.75) is 33.6 Å². The molecular formula is C23H25NO4. The third kappa shape index (κ3) is 4.60. The molecule has 5 nitrogen and oxygen atoms in total. The number of aryl methyl sites for hydroxylation is 2. The van der Waals surface area contributed by atoms with E-state index in [9.17, 15) is 4.79 Å². The van der Waals surface area contributed by atoms with E-state index in [1.165, 1.54) is 0 Å². The number of Topliss-reactive ketones (excluding diaryl/α,β-unsaturated/α-hetero) is 1. The van der Waals surface area contributed by atoms with Crippen LogP contribution in [-0.2, 0) is 6.42 Å². The van der Waals surface area contributed by atoms with E-state index in [4.69, 9.17) is 13.9 Å². The summed E-state index contributed by atoms with van der Waals surface area (Å²) in [5.74, 6) is 1.98. The fourth-order valence-corrected chi connectivity index (χ4v) is 3.00. The summed E-state index contributed by atoms with van der Waals surface area (Å²) in [6.45, 7) is 6.92. The smallest absolute Gasteiger partial charge is 0.226 e. The molecule has 1 heterocycles. The summed E-state index contributed by atoms with van der Waals surface area (Å²) in [5.41, 5.74) is 3.32. The molecule has 3 rings (SSSR count). The third-order valence-corrected chi connectivity index (χ3v) is 4.40. The molecule has 0 aliphatic heterocycles. The zero-order valence-electron chi connectivity index (χ0n) is 16.5. The molecule has 2 aromatic carbocycles. The van der Waals surface area contributed by atoms with Crippen LogP contribution in [0.3, 0.4) is 0 Å². The Bertz CT molecular complexity index is 945. The summed E-state index contributed by atoms with van der Waals surface area (Å²) in [6, 6.07) is 13.2. The Labute approximate surface area is 165 Å². The van der Waals surface area contributed by atoms with Crippen molar-refractivity contribution in [3.63, 3.8) is 0 Å². The lowest BCUT2D eigenvalue weighted by Gasteiger charge is -2.11. The second-order valence-corrected chi connectivity index (χ2v) is 6.41. The molecule has 0 N–H and O–H groups in total. The van der Waals surface area contributed by atoms with Gasteiger partial charge in [0.25, 0.3) is 0 Å². The maximum absolute atomic E-state index is 12.4. The van der Waals surface area contributed by atoms with Gasteiger partial charge in [-0.25, -0.2) is 4.98 Å². The number of ether oxygens (including phenoxy) is 2. The minimum atomic E-state index is 0.113. The highest BCUT2D eigenvalue weighted by molar-refractivity contribution is 5.97. The van der Waals surface area contributed by atoms with Crippen LogP contribution in [0.2, 0.25) is 0 Å². The average Bonchev–Trinajstić information content (AvgIpc) is 3.17. The lowest BCUT2D eigenvalue weighted by Crippen LogP contribution is -2.03. The first-order valence-corrected chi connectivity index (χ1v) is 9.55. The van der Waals surface area contributed by atoms with Crippen LogP contribution < -0.4 is 9.47 Å². The number of rotatable bonds is 9. The van der Waals surface area contributed by atoms with E-state index in [2.05, 4.69) is 4.98 Å². The maximum atomic E-state index is 12.4. The monoisotopic (exact) mass is 379 g/mol. The second kappa shape index (κ2) is 9.22. The van der Waals surface area contributed by atoms with Gasteiger partial charge in [-0.3, -0.25) is 4.79 Å². The molecule has 5 heteroatoms. The molecule has 0 saturated heterocycles. The zero-order chi connectivity index (χ0) is 19.9. The molecule has 0 spiro atoms. The largest absolute Gasteiger partial charge is 0.490 e. The van der Waals surface area contributed by atoms with Gasteiger partial charge >= 0.3 is 0 Å². The van der Waals surface area contributed by atoms with Gasteiger partial charge in [0.2, 0.25) is 5.89 Å². The average molecular weight is 379 g/mol. The van der Waals surface area contributed by atoms with E-state index in [0.717, 1.165) is 22.4 Å². The molecule has 0 amide bonds. The zero-order valence-corrected chi connectivity index (χ0v) is 16.5. The molecule has 0 atom stereocenters. The van der Waals surface area contributed by atoms with Crippen LogP contribution in [0, 0.1) is 6.92 Å². The molecule has 0 radical (unpaired) electrons. The Morgan fingerprint density at radius 1 is 1.04 bits per heavy atom. The molecule has 0 saturated carbocycles. The van der Waals surface area contributed by atoms with Gasteiger partial charge in [0.1, 0.15) is 6.26 Å². The van der Waals surface area contributed by atoms with Crippen molar-refractivity contribution in [1.29, 1.82) is 0 Å². The normalized spacial score (nSPS) is 10.7. The Balaban J connectivity index is 1.71. The predicted molar refractivity (Wildman–Crippen MR) is 108 cm³/mol. The number of carbonyl (C=O) groups is 1. The van der Waals surface area contributed by atoms with Crippen molar-refractivity contribution in [3.8, 4) is 23.0 Å². The summed E-state index contributed by atoms with van der Waals surface area (Å²) in [6.07, 6.45) is 2.54. The number of benzene rings is 2. The Hall–Kier alpha value is -3.08. The van der Waals surface area contributed by atoms with Crippen molar-refractivity contribution >= 4 is 5.78 Å². The highest BCUT2D eigenvalue weighted by atomic mass is 16.5. The first-order valence-electron chi connectivity index (χ1n) is 9.55. The van der Waals surface area contributed by atoms with Gasteiger partial charge < -0.3 is 13.9 Å². The standard InChI is InChI=1S/C23H25NO4/c1-4-26-21-13-10-17(14-22(21)27-5-2)23-24-18(15-28-23)11-12-20(25)19-9-7-6-8-16(19)3/h6-10,13-15H,4-5,11-12H2,1-3H3. The van der Waals surface area contributed by atoms with Gasteiger partial charge in [-0.2, -0.15) is 0 Å². The van der Waals surface area contributed by atoms with Crippen molar-refractivity contribution in [2.24, 2.45) is 0 Å². The van der Waals surface area contributed by atoms with E-state index in [0.29, 0.717) is 43.4 Å². The quantitative estimate of drug-likeness (QED) is 0.474. The molecule has 0 bridgehead atoms. The van der Waals surface area contributed by atoms with Crippen molar-refractivity contribution in [1.82, 2.24) is 4.98 Å². The molecular weight excluding hydrogens is 354 g/mol. The molecule has 146 valence electrons. The minimum Gasteiger partial charge on any atom is -0.490 e. The highest BCUT2D eigenvalue weighted by Gasteiger charge is 2.14. The fourth-order valence-electron chi connectivity index (χ4n) is 3.00. The Kier molecular flexibility index (Phi) is 6.48. The SMILES string of the molecule is CCOc1ccc(-c2nc(CCC(=O)c3ccccc3C)co2)cc1OCC. The van der Waals surface area contributed by atoms with Crippen LogP contribution in [0.1, 0.15) is 41.9 Å². The number of hydrogen-bond acceptors (Lipinski definition) is 5. The van der Waals surface area contributed by atoms with E-state index in [1.807, 2.05) is 63.2 Å². The molecule has 0 fully saturated rings. The van der Waals surface area contributed by atoms with Crippen molar-refractivity contribution in [2.75, 3.05) is 13.2 Å². The van der Waals surface area contributed by atoms with Gasteiger partial charge in [0.15, 0.2) is 17.3 Å². The van der Waals surface area contributed by atoms with Gasteiger partial charge in [-0.05, 0) is 44.5 Å². The van der Waals surface area contributed by atoms with E-state index >= 15 is 0 Å². The minimum absolute atomic E-state index is 0.113. The van der Waals surface area contributed by atoms with Crippen molar-refractivity contribution in [3.05, 3.63) is 65.5 Å². The van der Waals surface area contributed by atoms with E-state index < -0.39 is 0 Å². The van der Waals surface area contributed by atoms with Crippen LogP contribution in [0.25, 0.3) is 11.5 Å². The summed E-state index contributed by atoms with van der Waals surface area (Å²) >= 11 is 0. The molecule has 28 heavy (non-hydrogen) atoms. The van der Waals surface area contributed by atoms with E-state index in [1.54, 1.807) is 6.26 Å². The summed E-state index contributed by atoms with van der Waals surface area (Å²) < 4.78 is 16.9. The number of aromatic nitrogens is 1. The van der Waals surface area contributed by atoms with E-state index in [-0.39, 0.29) is 5.78 Å². The highest BCUT2D eigenvalue weighted by Crippen LogP contribution is 2.32. The van der Waals surface area contributed by atoms with Crippen LogP contribution in [0.15, 0.2) is 53.1 Å². The van der Waals surface area contributed by atoms with Crippen LogP contribution in [-0.4, -0.2) is 24.0 Å². The lowest BCUT2D eigenvalue weighted by molar-refractivity contribution is 0.0982. The van der Waals surface area contributed by atoms with Gasteiger partial charge in [0, 0.05) is 24.0 Å². The van der Waals surface area contributed by atoms with Crippen LogP contribution in [0.4, 0.5) is 0 Å². The topological polar surface area (TPSA) is 61.6 Å². The maximum Gasteiger partial charge on any atom is 0.226 e. The molecule has 1 aromatic heterocycles. The van der Waals surface area contributed by atoms with Gasteiger partial charge in [0.05, 0.1) is 18.9 Å². The fraction of sp³-hybridized carbons (Fsp3) is 0.304. The summed E-state index contributed by atoms with van der Waals surface area (Å²) in [7, 11) is 0. The molecule has 0 aliphatic carbocycles. The van der Waals surface area contributed by atoms with Gasteiger partial charge in [-0.15, -0.1) is 0 Å². The number of ketones is 1. The Morgan fingerprint density at radius 3 is 2.54 bits per heavy atom. The second-order valence-electron chi connectivity index (χ2n) is 6.41. The Morgan fingerprint density at radius 2 is 1.79 bits per heavy atom. The summed E-state index contributed by atoms with van der Waals surface area (Å²) in [4.78, 5) is 17.0. The summed E-state index contributed by atoms with van der Waals surface area (Å²) in [5, 5.41) is 0. The third-order valence-electron chi connectivity index (χ3n) is 4.40. The number of hydrogen-bond donors (Lipinski definition) is 0. The molecule has 0 aliphatic rings. The first-order chi connectivity index (χ1) is 13.6. The van der Waals surface area contributed by atoms with Crippen LogP contribution in [0.5, 0.6) is 11.5 Å². The number of nitrogens with zero attached hydrogens (tertiary/aromatic N) is 1. The number of carbonyl (C=O) groups excluding carboxylic acids is 1. The van der Waals surface area contributed by atoms with Crippen LogP contribution >= 0.6 is 0 Å². The number of oxazole rings is 1. The van der Waals surface area contributed by atoms with Crippen molar-refractivity contribution < 1.29 is 18.7 Å². The molecule has 0 unspecified atom stereocenters.